The first-order valence-electron chi connectivity index (χ1n) is 6.60. The first-order chi connectivity index (χ1) is 10.1. The van der Waals surface area contributed by atoms with Crippen LogP contribution in [0.3, 0.4) is 0 Å². The van der Waals surface area contributed by atoms with E-state index in [9.17, 15) is 4.79 Å². The van der Waals surface area contributed by atoms with Crippen molar-refractivity contribution >= 4 is 11.8 Å². The number of nitrogens with two attached hydrogens (primary N) is 1. The van der Waals surface area contributed by atoms with Crippen molar-refractivity contribution in [1.82, 2.24) is 9.55 Å². The van der Waals surface area contributed by atoms with E-state index in [1.807, 2.05) is 24.3 Å². The van der Waals surface area contributed by atoms with Crippen LogP contribution in [0.5, 0.6) is 0 Å². The topological polar surface area (TPSA) is 79.4 Å². The van der Waals surface area contributed by atoms with E-state index in [2.05, 4.69) is 4.98 Å². The highest BCUT2D eigenvalue weighted by molar-refractivity contribution is 5.92. The molecule has 0 aliphatic rings. The van der Waals surface area contributed by atoms with Gasteiger partial charge in [0, 0.05) is 7.11 Å². The maximum Gasteiger partial charge on any atom is 0.360 e. The third-order valence-electron chi connectivity index (χ3n) is 3.27. The first-order valence-corrected chi connectivity index (χ1v) is 6.60. The van der Waals surface area contributed by atoms with Gasteiger partial charge in [-0.1, -0.05) is 18.2 Å². The third kappa shape index (κ3) is 2.90. The summed E-state index contributed by atoms with van der Waals surface area (Å²) in [5.41, 5.74) is 8.18. The molecule has 1 heterocycles. The summed E-state index contributed by atoms with van der Waals surface area (Å²) in [6.07, 6.45) is 0.747. The molecule has 0 radical (unpaired) electrons. The molecule has 2 N–H and O–H groups in total. The Labute approximate surface area is 123 Å². The number of nitrogens with zero attached hydrogens (tertiary/aromatic N) is 2. The van der Waals surface area contributed by atoms with Gasteiger partial charge in [0.2, 0.25) is 0 Å². The van der Waals surface area contributed by atoms with Gasteiger partial charge in [0.25, 0.3) is 0 Å². The minimum atomic E-state index is -0.538. The molecule has 0 bridgehead atoms. The Morgan fingerprint density at radius 2 is 2.05 bits per heavy atom. The van der Waals surface area contributed by atoms with E-state index in [0.717, 1.165) is 17.7 Å². The maximum atomic E-state index is 11.7. The maximum absolute atomic E-state index is 11.7. The summed E-state index contributed by atoms with van der Waals surface area (Å²) >= 11 is 0. The Bertz CT molecular complexity index is 650. The number of methoxy groups -OCH3 is 2. The summed E-state index contributed by atoms with van der Waals surface area (Å²) < 4.78 is 11.6. The fraction of sp³-hybridized carbons (Fsp3) is 0.333. The van der Waals surface area contributed by atoms with E-state index in [0.29, 0.717) is 12.4 Å². The van der Waals surface area contributed by atoms with E-state index in [-0.39, 0.29) is 11.5 Å². The number of ether oxygens (including phenoxy) is 2. The highest BCUT2D eigenvalue weighted by atomic mass is 16.5. The van der Waals surface area contributed by atoms with Gasteiger partial charge in [0.1, 0.15) is 11.6 Å². The quantitative estimate of drug-likeness (QED) is 0.848. The number of anilines is 1. The number of esters is 1. The second-order valence-electron chi connectivity index (χ2n) is 4.59. The van der Waals surface area contributed by atoms with Crippen molar-refractivity contribution < 1.29 is 14.3 Å². The van der Waals surface area contributed by atoms with Crippen LogP contribution in [0.1, 0.15) is 21.9 Å². The normalized spacial score (nSPS) is 10.6. The molecule has 21 heavy (non-hydrogen) atoms. The summed E-state index contributed by atoms with van der Waals surface area (Å²) in [5.74, 6) is 0.380. The fourth-order valence-electron chi connectivity index (χ4n) is 2.25. The van der Waals surface area contributed by atoms with Crippen LogP contribution in [0.4, 0.5) is 5.82 Å². The molecule has 0 aliphatic heterocycles. The zero-order valence-electron chi connectivity index (χ0n) is 12.4. The second kappa shape index (κ2) is 6.41. The van der Waals surface area contributed by atoms with Gasteiger partial charge in [-0.2, -0.15) is 0 Å². The minimum Gasteiger partial charge on any atom is -0.464 e. The van der Waals surface area contributed by atoms with E-state index >= 15 is 0 Å². The molecule has 0 atom stereocenters. The predicted octanol–water partition coefficient (Wildman–Crippen LogP) is 1.74. The molecule has 2 rings (SSSR count). The Kier molecular flexibility index (Phi) is 4.59. The van der Waals surface area contributed by atoms with Crippen LogP contribution in [0, 0.1) is 6.92 Å². The van der Waals surface area contributed by atoms with Crippen LogP contribution in [0.2, 0.25) is 0 Å². The van der Waals surface area contributed by atoms with Crippen molar-refractivity contribution in [3.8, 4) is 5.69 Å². The Morgan fingerprint density at radius 1 is 1.33 bits per heavy atom. The summed E-state index contributed by atoms with van der Waals surface area (Å²) in [7, 11) is 2.97. The Hall–Kier alpha value is -2.34. The van der Waals surface area contributed by atoms with Crippen LogP contribution in [-0.2, 0) is 15.9 Å². The molecule has 2 aromatic rings. The van der Waals surface area contributed by atoms with Gasteiger partial charge in [-0.3, -0.25) is 4.57 Å². The van der Waals surface area contributed by atoms with Gasteiger partial charge in [0.15, 0.2) is 5.69 Å². The molecule has 0 saturated carbocycles. The number of para-hydroxylation sites is 1. The molecule has 6 nitrogen and oxygen atoms in total. The molecule has 0 aliphatic carbocycles. The number of carbonyl (C=O) groups is 1. The van der Waals surface area contributed by atoms with Crippen LogP contribution < -0.4 is 5.73 Å². The predicted molar refractivity (Wildman–Crippen MR) is 79.6 cm³/mol. The number of nitrogen functional groups attached to an aromatic ring is 1. The molecule has 0 unspecified atom stereocenters. The van der Waals surface area contributed by atoms with Crippen LogP contribution >= 0.6 is 0 Å². The number of hydrogen-bond donors (Lipinski definition) is 1. The second-order valence-corrected chi connectivity index (χ2v) is 4.59. The van der Waals surface area contributed by atoms with E-state index < -0.39 is 5.97 Å². The molecule has 1 aromatic carbocycles. The number of imidazole rings is 1. The lowest BCUT2D eigenvalue weighted by atomic mass is 10.1. The smallest absolute Gasteiger partial charge is 0.360 e. The number of aryl methyl sites for hydroxylation is 1. The third-order valence-corrected chi connectivity index (χ3v) is 3.27. The minimum absolute atomic E-state index is 0.136. The summed E-state index contributed by atoms with van der Waals surface area (Å²) in [4.78, 5) is 15.9. The number of benzene rings is 1. The highest BCUT2D eigenvalue weighted by Crippen LogP contribution is 2.24. The molecule has 0 fully saturated rings. The van der Waals surface area contributed by atoms with Crippen LogP contribution in [0.15, 0.2) is 24.3 Å². The molecular weight excluding hydrogens is 270 g/mol. The number of hydrogen-bond acceptors (Lipinski definition) is 5. The molecular formula is C15H19N3O3. The van der Waals surface area contributed by atoms with Crippen LogP contribution in [0.25, 0.3) is 5.69 Å². The summed E-state index contributed by atoms with van der Waals surface area (Å²) in [6.45, 7) is 2.41. The summed E-state index contributed by atoms with van der Waals surface area (Å²) in [6, 6.07) is 7.82. The number of aromatic nitrogens is 2. The van der Waals surface area contributed by atoms with Crippen LogP contribution in [-0.4, -0.2) is 36.3 Å². The molecule has 112 valence electrons. The fourth-order valence-corrected chi connectivity index (χ4v) is 2.25. The van der Waals surface area contributed by atoms with E-state index in [1.165, 1.54) is 7.11 Å². The van der Waals surface area contributed by atoms with E-state index in [4.69, 9.17) is 15.2 Å². The van der Waals surface area contributed by atoms with Crippen molar-refractivity contribution in [3.63, 3.8) is 0 Å². The van der Waals surface area contributed by atoms with Gasteiger partial charge < -0.3 is 15.2 Å². The van der Waals surface area contributed by atoms with Gasteiger partial charge in [-0.25, -0.2) is 9.78 Å². The largest absolute Gasteiger partial charge is 0.464 e. The lowest BCUT2D eigenvalue weighted by molar-refractivity contribution is 0.0596. The molecule has 6 heteroatoms. The first kappa shape index (κ1) is 15.1. The zero-order chi connectivity index (χ0) is 15.4. The molecule has 0 saturated heterocycles. The highest BCUT2D eigenvalue weighted by Gasteiger charge is 2.21. The Morgan fingerprint density at radius 3 is 2.71 bits per heavy atom. The van der Waals surface area contributed by atoms with Crippen molar-refractivity contribution in [1.29, 1.82) is 0 Å². The van der Waals surface area contributed by atoms with Gasteiger partial charge in [-0.05, 0) is 25.0 Å². The Balaban J connectivity index is 2.52. The lowest BCUT2D eigenvalue weighted by Gasteiger charge is -2.13. The van der Waals surface area contributed by atoms with Crippen molar-refractivity contribution in [3.05, 3.63) is 41.3 Å². The standard InChI is InChI=1S/C15H19N3O3/c1-10-17-13(15(19)21-3)14(16)18(10)12-7-5-4-6-11(12)8-9-20-2/h4-7H,8-9,16H2,1-3H3. The zero-order valence-corrected chi connectivity index (χ0v) is 12.4. The van der Waals surface area contributed by atoms with Crippen molar-refractivity contribution in [2.75, 3.05) is 26.6 Å². The van der Waals surface area contributed by atoms with Crippen molar-refractivity contribution in [2.24, 2.45) is 0 Å². The van der Waals surface area contributed by atoms with Gasteiger partial charge >= 0.3 is 5.97 Å². The SMILES string of the molecule is COCCc1ccccc1-n1c(C)nc(C(=O)OC)c1N. The molecule has 0 amide bonds. The average molecular weight is 289 g/mol. The van der Waals surface area contributed by atoms with Gasteiger partial charge in [0.05, 0.1) is 19.4 Å². The van der Waals surface area contributed by atoms with Gasteiger partial charge in [-0.15, -0.1) is 0 Å². The summed E-state index contributed by atoms with van der Waals surface area (Å²) in [5, 5.41) is 0. The average Bonchev–Trinajstić information content (AvgIpc) is 2.79. The van der Waals surface area contributed by atoms with Crippen molar-refractivity contribution in [2.45, 2.75) is 13.3 Å². The molecule has 1 aromatic heterocycles. The number of carbonyl (C=O) groups excluding carboxylic acids is 1. The lowest BCUT2D eigenvalue weighted by Crippen LogP contribution is -2.09. The monoisotopic (exact) mass is 289 g/mol. The number of rotatable bonds is 5. The molecule has 0 spiro atoms. The van der Waals surface area contributed by atoms with E-state index in [1.54, 1.807) is 18.6 Å².